The molecule has 2 heterocycles. The van der Waals surface area contributed by atoms with Crippen molar-refractivity contribution in [1.29, 1.82) is 0 Å². The molecule has 1 N–H and O–H groups in total. The lowest BCUT2D eigenvalue weighted by Crippen LogP contribution is -2.09. The fourth-order valence-electron chi connectivity index (χ4n) is 1.43. The van der Waals surface area contributed by atoms with Gasteiger partial charge in [0.1, 0.15) is 0 Å². The molecule has 4 nitrogen and oxygen atoms in total. The van der Waals surface area contributed by atoms with Crippen molar-refractivity contribution in [3.8, 4) is 5.88 Å². The zero-order valence-corrected chi connectivity index (χ0v) is 10.5. The molecule has 0 atom stereocenters. The quantitative estimate of drug-likeness (QED) is 0.849. The van der Waals surface area contributed by atoms with Crippen LogP contribution in [0.4, 0.5) is 0 Å². The molecule has 0 saturated heterocycles. The number of nitrogens with zero attached hydrogens (tertiary/aromatic N) is 2. The Hall–Kier alpha value is -1.46. The maximum absolute atomic E-state index is 5.57. The highest BCUT2D eigenvalue weighted by Crippen LogP contribution is 2.10. The third-order valence-corrected chi connectivity index (χ3v) is 3.13. The smallest absolute Gasteiger partial charge is 0.232 e. The number of rotatable bonds is 6. The van der Waals surface area contributed by atoms with Crippen LogP contribution in [0.5, 0.6) is 5.88 Å². The van der Waals surface area contributed by atoms with Gasteiger partial charge in [0, 0.05) is 24.0 Å². The van der Waals surface area contributed by atoms with Crippen molar-refractivity contribution < 1.29 is 4.74 Å². The number of ether oxygens (including phenoxy) is 1. The van der Waals surface area contributed by atoms with Crippen LogP contribution >= 0.6 is 11.3 Å². The summed E-state index contributed by atoms with van der Waals surface area (Å²) in [5, 5.41) is 5.11. The lowest BCUT2D eigenvalue weighted by molar-refractivity contribution is 0.308. The fourth-order valence-corrected chi connectivity index (χ4v) is 2.12. The van der Waals surface area contributed by atoms with Gasteiger partial charge in [0.05, 0.1) is 18.5 Å². The summed E-state index contributed by atoms with van der Waals surface area (Å²) in [5.41, 5.74) is 0.890. The van der Waals surface area contributed by atoms with Crippen LogP contribution in [0, 0.1) is 0 Å². The van der Waals surface area contributed by atoms with E-state index in [1.807, 2.05) is 13.1 Å². The van der Waals surface area contributed by atoms with E-state index in [1.165, 1.54) is 4.88 Å². The number of aromatic nitrogens is 2. The average molecular weight is 249 g/mol. The van der Waals surface area contributed by atoms with Gasteiger partial charge < -0.3 is 10.1 Å². The van der Waals surface area contributed by atoms with Crippen molar-refractivity contribution in [2.24, 2.45) is 0 Å². The van der Waals surface area contributed by atoms with Crippen LogP contribution in [-0.2, 0) is 13.0 Å². The van der Waals surface area contributed by atoms with E-state index >= 15 is 0 Å². The summed E-state index contributed by atoms with van der Waals surface area (Å²) >= 11 is 1.74. The van der Waals surface area contributed by atoms with Gasteiger partial charge in [-0.05, 0) is 18.5 Å². The minimum absolute atomic E-state index is 0.592. The van der Waals surface area contributed by atoms with Gasteiger partial charge in [-0.25, -0.2) is 4.98 Å². The molecule has 0 amide bonds. The predicted octanol–water partition coefficient (Wildman–Crippen LogP) is 1.88. The first-order valence-electron chi connectivity index (χ1n) is 5.49. The first kappa shape index (κ1) is 12.0. The van der Waals surface area contributed by atoms with Crippen LogP contribution in [0.15, 0.2) is 29.9 Å². The minimum Gasteiger partial charge on any atom is -0.476 e. The monoisotopic (exact) mass is 249 g/mol. The van der Waals surface area contributed by atoms with Crippen molar-refractivity contribution in [2.45, 2.75) is 13.0 Å². The van der Waals surface area contributed by atoms with Crippen molar-refractivity contribution >= 4 is 11.3 Å². The Balaban J connectivity index is 1.84. The first-order valence-corrected chi connectivity index (χ1v) is 6.37. The summed E-state index contributed by atoms with van der Waals surface area (Å²) in [6.07, 6.45) is 4.30. The molecule has 2 aromatic rings. The topological polar surface area (TPSA) is 47.0 Å². The first-order chi connectivity index (χ1) is 8.38. The molecule has 0 aromatic carbocycles. The van der Waals surface area contributed by atoms with Gasteiger partial charge in [-0.3, -0.25) is 4.98 Å². The summed E-state index contributed by atoms with van der Waals surface area (Å²) < 4.78 is 5.57. The molecule has 0 spiro atoms. The summed E-state index contributed by atoms with van der Waals surface area (Å²) in [7, 11) is 1.88. The maximum atomic E-state index is 5.57. The Morgan fingerprint density at radius 1 is 1.41 bits per heavy atom. The van der Waals surface area contributed by atoms with Crippen molar-refractivity contribution in [2.75, 3.05) is 13.7 Å². The molecular formula is C12H15N3OS. The SMILES string of the molecule is CNCc1cncc(OCCc2cccs2)n1. The van der Waals surface area contributed by atoms with Crippen LogP contribution < -0.4 is 10.1 Å². The largest absolute Gasteiger partial charge is 0.476 e. The highest BCUT2D eigenvalue weighted by Gasteiger charge is 2.00. The third-order valence-electron chi connectivity index (χ3n) is 2.20. The van der Waals surface area contributed by atoms with Crippen LogP contribution in [0.3, 0.4) is 0 Å². The Morgan fingerprint density at radius 3 is 3.12 bits per heavy atom. The number of hydrogen-bond acceptors (Lipinski definition) is 5. The van der Waals surface area contributed by atoms with Gasteiger partial charge in [0.25, 0.3) is 0 Å². The summed E-state index contributed by atoms with van der Waals surface area (Å²) in [4.78, 5) is 9.75. The highest BCUT2D eigenvalue weighted by molar-refractivity contribution is 7.09. The molecule has 0 aliphatic rings. The molecule has 0 saturated carbocycles. The minimum atomic E-state index is 0.592. The second-order valence-corrected chi connectivity index (χ2v) is 4.59. The number of hydrogen-bond donors (Lipinski definition) is 1. The van der Waals surface area contributed by atoms with E-state index in [0.29, 0.717) is 19.0 Å². The van der Waals surface area contributed by atoms with Crippen LogP contribution in [0.25, 0.3) is 0 Å². The lowest BCUT2D eigenvalue weighted by Gasteiger charge is -2.05. The Kier molecular flexibility index (Phi) is 4.46. The molecule has 0 fully saturated rings. The number of thiophene rings is 1. The molecule has 2 rings (SSSR count). The summed E-state index contributed by atoms with van der Waals surface area (Å²) in [6, 6.07) is 4.16. The molecule has 17 heavy (non-hydrogen) atoms. The summed E-state index contributed by atoms with van der Waals surface area (Å²) in [5.74, 6) is 0.592. The van der Waals surface area contributed by atoms with Gasteiger partial charge in [0.2, 0.25) is 5.88 Å². The van der Waals surface area contributed by atoms with E-state index in [0.717, 1.165) is 12.1 Å². The second kappa shape index (κ2) is 6.32. The fraction of sp³-hybridized carbons (Fsp3) is 0.333. The van der Waals surface area contributed by atoms with Crippen LogP contribution in [-0.4, -0.2) is 23.6 Å². The standard InChI is InChI=1S/C12H15N3OS/c1-13-7-10-8-14-9-12(15-10)16-5-4-11-3-2-6-17-11/h2-3,6,8-9,13H,4-5,7H2,1H3. The second-order valence-electron chi connectivity index (χ2n) is 3.56. The van der Waals surface area contributed by atoms with E-state index in [9.17, 15) is 0 Å². The molecule has 5 heteroatoms. The van der Waals surface area contributed by atoms with E-state index in [2.05, 4.69) is 26.7 Å². The maximum Gasteiger partial charge on any atom is 0.232 e. The lowest BCUT2D eigenvalue weighted by atomic mass is 10.4. The Bertz CT molecular complexity index is 445. The van der Waals surface area contributed by atoms with Crippen LogP contribution in [0.1, 0.15) is 10.6 Å². The van der Waals surface area contributed by atoms with Gasteiger partial charge >= 0.3 is 0 Å². The zero-order chi connectivity index (χ0) is 11.9. The zero-order valence-electron chi connectivity index (χ0n) is 9.72. The molecule has 90 valence electrons. The van der Waals surface area contributed by atoms with Gasteiger partial charge in [-0.2, -0.15) is 0 Å². The van der Waals surface area contributed by atoms with Gasteiger partial charge in [-0.1, -0.05) is 6.07 Å². The normalized spacial score (nSPS) is 10.4. The van der Waals surface area contributed by atoms with Gasteiger partial charge in [-0.15, -0.1) is 11.3 Å². The molecule has 0 aliphatic carbocycles. The Labute approximate surface area is 105 Å². The van der Waals surface area contributed by atoms with Crippen molar-refractivity contribution in [3.63, 3.8) is 0 Å². The molecule has 2 aromatic heterocycles. The van der Waals surface area contributed by atoms with Gasteiger partial charge in [0.15, 0.2) is 0 Å². The molecule has 0 unspecified atom stereocenters. The molecule has 0 aliphatic heterocycles. The van der Waals surface area contributed by atoms with Crippen molar-refractivity contribution in [1.82, 2.24) is 15.3 Å². The molecule has 0 radical (unpaired) electrons. The highest BCUT2D eigenvalue weighted by atomic mass is 32.1. The van der Waals surface area contributed by atoms with E-state index in [4.69, 9.17) is 4.74 Å². The van der Waals surface area contributed by atoms with E-state index in [-0.39, 0.29) is 0 Å². The van der Waals surface area contributed by atoms with Crippen molar-refractivity contribution in [3.05, 3.63) is 40.5 Å². The molecule has 0 bridgehead atoms. The average Bonchev–Trinajstić information content (AvgIpc) is 2.83. The predicted molar refractivity (Wildman–Crippen MR) is 68.3 cm³/mol. The summed E-state index contributed by atoms with van der Waals surface area (Å²) in [6.45, 7) is 1.34. The molecular weight excluding hydrogens is 234 g/mol. The third kappa shape index (κ3) is 3.80. The Morgan fingerprint density at radius 2 is 2.35 bits per heavy atom. The van der Waals surface area contributed by atoms with E-state index in [1.54, 1.807) is 23.7 Å². The van der Waals surface area contributed by atoms with E-state index < -0.39 is 0 Å². The number of nitrogens with one attached hydrogen (secondary N) is 1. The van der Waals surface area contributed by atoms with Crippen LogP contribution in [0.2, 0.25) is 0 Å².